The number of ether oxygens (including phenoxy) is 1. The lowest BCUT2D eigenvalue weighted by Crippen LogP contribution is -2.37. The standard InChI is InChI=1S/C28H31N5O3/c1-28(2,3)36-27(35)30-15-14-29-26(34)18-10-8-17(9-11-18)25-20-7-5-4-6-19(20)24-21-16-31-33-22(21)12-13-23(24)32-25/h8-13,16H,4-7,14-15H2,1-3H3,(H,29,34)(H,30,35)(H,31,33). The maximum absolute atomic E-state index is 12.6. The second kappa shape index (κ2) is 9.60. The van der Waals surface area contributed by atoms with E-state index < -0.39 is 11.7 Å². The Hall–Kier alpha value is -3.94. The van der Waals surface area contributed by atoms with Gasteiger partial charge in [0.1, 0.15) is 5.60 Å². The van der Waals surface area contributed by atoms with E-state index in [-0.39, 0.29) is 12.5 Å². The fourth-order valence-electron chi connectivity index (χ4n) is 4.82. The number of hydrogen-bond acceptors (Lipinski definition) is 5. The largest absolute Gasteiger partial charge is 0.444 e. The minimum atomic E-state index is -0.556. The lowest BCUT2D eigenvalue weighted by Gasteiger charge is -2.22. The number of aromatic amines is 1. The third-order valence-electron chi connectivity index (χ3n) is 6.39. The van der Waals surface area contributed by atoms with Gasteiger partial charge in [0.25, 0.3) is 5.91 Å². The first-order valence-corrected chi connectivity index (χ1v) is 12.4. The summed E-state index contributed by atoms with van der Waals surface area (Å²) >= 11 is 0. The number of amides is 2. The molecule has 2 aromatic heterocycles. The monoisotopic (exact) mass is 485 g/mol. The van der Waals surface area contributed by atoms with E-state index in [1.54, 1.807) is 20.8 Å². The molecule has 0 spiro atoms. The van der Waals surface area contributed by atoms with Crippen LogP contribution in [0, 0.1) is 0 Å². The highest BCUT2D eigenvalue weighted by Gasteiger charge is 2.21. The number of carbonyl (C=O) groups excluding carboxylic acids is 2. The van der Waals surface area contributed by atoms with Crippen LogP contribution in [0.15, 0.2) is 42.6 Å². The molecule has 0 unspecified atom stereocenters. The molecule has 5 rings (SSSR count). The van der Waals surface area contributed by atoms with Gasteiger partial charge >= 0.3 is 6.09 Å². The van der Waals surface area contributed by atoms with E-state index in [4.69, 9.17) is 9.72 Å². The van der Waals surface area contributed by atoms with Gasteiger partial charge in [-0.1, -0.05) is 12.1 Å². The van der Waals surface area contributed by atoms with Gasteiger partial charge in [-0.15, -0.1) is 0 Å². The Balaban J connectivity index is 1.32. The molecular formula is C28H31N5O3. The topological polar surface area (TPSA) is 109 Å². The molecule has 8 nitrogen and oxygen atoms in total. The average molecular weight is 486 g/mol. The van der Waals surface area contributed by atoms with Gasteiger partial charge in [0, 0.05) is 35.0 Å². The lowest BCUT2D eigenvalue weighted by atomic mass is 9.85. The van der Waals surface area contributed by atoms with Crippen LogP contribution in [0.5, 0.6) is 0 Å². The van der Waals surface area contributed by atoms with Crippen LogP contribution >= 0.6 is 0 Å². The summed E-state index contributed by atoms with van der Waals surface area (Å²) < 4.78 is 5.19. The summed E-state index contributed by atoms with van der Waals surface area (Å²) in [5.41, 5.74) is 6.67. The quantitative estimate of drug-likeness (QED) is 0.348. The number of fused-ring (bicyclic) bond motifs is 5. The summed E-state index contributed by atoms with van der Waals surface area (Å²) in [6, 6.07) is 11.7. The molecule has 2 amide bonds. The lowest BCUT2D eigenvalue weighted by molar-refractivity contribution is 0.0526. The first kappa shape index (κ1) is 23.8. The Bertz CT molecular complexity index is 1430. The van der Waals surface area contributed by atoms with Gasteiger partial charge < -0.3 is 15.4 Å². The third kappa shape index (κ3) is 4.89. The van der Waals surface area contributed by atoms with E-state index in [9.17, 15) is 9.59 Å². The number of nitrogens with one attached hydrogen (secondary N) is 3. The van der Waals surface area contributed by atoms with Gasteiger partial charge in [-0.2, -0.15) is 5.10 Å². The third-order valence-corrected chi connectivity index (χ3v) is 6.39. The number of aromatic nitrogens is 3. The van der Waals surface area contributed by atoms with Crippen LogP contribution < -0.4 is 10.6 Å². The zero-order valence-corrected chi connectivity index (χ0v) is 20.9. The van der Waals surface area contributed by atoms with Crippen molar-refractivity contribution in [2.45, 2.75) is 52.1 Å². The van der Waals surface area contributed by atoms with Crippen molar-refractivity contribution in [2.24, 2.45) is 0 Å². The Morgan fingerprint density at radius 3 is 2.44 bits per heavy atom. The van der Waals surface area contributed by atoms with Crippen molar-refractivity contribution in [3.05, 3.63) is 59.3 Å². The van der Waals surface area contributed by atoms with Crippen molar-refractivity contribution in [1.29, 1.82) is 0 Å². The number of rotatable bonds is 5. The summed E-state index contributed by atoms with van der Waals surface area (Å²) in [6.07, 6.45) is 5.73. The van der Waals surface area contributed by atoms with Gasteiger partial charge in [-0.25, -0.2) is 9.78 Å². The molecule has 0 fully saturated rings. The number of hydrogen-bond donors (Lipinski definition) is 3. The molecule has 186 valence electrons. The molecule has 3 N–H and O–H groups in total. The summed E-state index contributed by atoms with van der Waals surface area (Å²) in [4.78, 5) is 29.4. The fraction of sp³-hybridized carbons (Fsp3) is 0.357. The van der Waals surface area contributed by atoms with Crippen molar-refractivity contribution in [3.8, 4) is 11.3 Å². The molecule has 8 heteroatoms. The molecule has 1 aliphatic carbocycles. The first-order valence-electron chi connectivity index (χ1n) is 12.4. The smallest absolute Gasteiger partial charge is 0.407 e. The van der Waals surface area contributed by atoms with E-state index in [1.807, 2.05) is 36.5 Å². The van der Waals surface area contributed by atoms with Crippen LogP contribution in [0.3, 0.4) is 0 Å². The number of alkyl carbamates (subject to hydrolysis) is 1. The van der Waals surface area contributed by atoms with Gasteiger partial charge in [0.2, 0.25) is 0 Å². The Labute approximate surface area is 209 Å². The Kier molecular flexibility index (Phi) is 6.35. The van der Waals surface area contributed by atoms with E-state index in [1.165, 1.54) is 22.9 Å². The van der Waals surface area contributed by atoms with Crippen LogP contribution in [-0.2, 0) is 17.6 Å². The van der Waals surface area contributed by atoms with Crippen molar-refractivity contribution < 1.29 is 14.3 Å². The highest BCUT2D eigenvalue weighted by atomic mass is 16.6. The molecule has 4 aromatic rings. The van der Waals surface area contributed by atoms with Crippen LogP contribution in [-0.4, -0.2) is 45.9 Å². The number of carbonyl (C=O) groups is 2. The maximum Gasteiger partial charge on any atom is 0.407 e. The molecule has 0 saturated carbocycles. The molecule has 1 aliphatic rings. The summed E-state index contributed by atoms with van der Waals surface area (Å²) in [7, 11) is 0. The van der Waals surface area contributed by atoms with E-state index in [2.05, 4.69) is 26.9 Å². The second-order valence-corrected chi connectivity index (χ2v) is 10.2. The molecule has 0 radical (unpaired) electrons. The van der Waals surface area contributed by atoms with E-state index in [0.29, 0.717) is 12.1 Å². The SMILES string of the molecule is CC(C)(C)OC(=O)NCCNC(=O)c1ccc(-c2nc3ccc4[nH]ncc4c3c3c2CCCC3)cc1. The number of pyridine rings is 1. The fourth-order valence-corrected chi connectivity index (χ4v) is 4.82. The minimum absolute atomic E-state index is 0.191. The molecule has 0 bridgehead atoms. The van der Waals surface area contributed by atoms with Crippen LogP contribution in [0.2, 0.25) is 0 Å². The van der Waals surface area contributed by atoms with Crippen molar-refractivity contribution in [2.75, 3.05) is 13.1 Å². The predicted octanol–water partition coefficient (Wildman–Crippen LogP) is 4.91. The van der Waals surface area contributed by atoms with Crippen LogP contribution in [0.25, 0.3) is 33.1 Å². The van der Waals surface area contributed by atoms with Crippen molar-refractivity contribution in [3.63, 3.8) is 0 Å². The molecular weight excluding hydrogens is 454 g/mol. The van der Waals surface area contributed by atoms with Crippen molar-refractivity contribution in [1.82, 2.24) is 25.8 Å². The number of aryl methyl sites for hydroxylation is 1. The molecule has 36 heavy (non-hydrogen) atoms. The highest BCUT2D eigenvalue weighted by molar-refractivity contribution is 6.07. The molecule has 0 aliphatic heterocycles. The second-order valence-electron chi connectivity index (χ2n) is 10.2. The maximum atomic E-state index is 12.6. The van der Waals surface area contributed by atoms with Gasteiger partial charge in [0.05, 0.1) is 22.9 Å². The normalized spacial score (nSPS) is 13.4. The molecule has 0 saturated heterocycles. The van der Waals surface area contributed by atoms with E-state index >= 15 is 0 Å². The van der Waals surface area contributed by atoms with Gasteiger partial charge in [-0.05, 0) is 81.8 Å². The number of nitrogens with zero attached hydrogens (tertiary/aromatic N) is 2. The van der Waals surface area contributed by atoms with Crippen LogP contribution in [0.1, 0.15) is 55.1 Å². The summed E-state index contributed by atoms with van der Waals surface area (Å²) in [5.74, 6) is -0.191. The Morgan fingerprint density at radius 1 is 0.972 bits per heavy atom. The van der Waals surface area contributed by atoms with Gasteiger partial charge in [-0.3, -0.25) is 9.89 Å². The number of H-pyrrole nitrogens is 1. The zero-order chi connectivity index (χ0) is 25.3. The zero-order valence-electron chi connectivity index (χ0n) is 20.9. The van der Waals surface area contributed by atoms with E-state index in [0.717, 1.165) is 46.9 Å². The number of benzene rings is 2. The van der Waals surface area contributed by atoms with Crippen LogP contribution in [0.4, 0.5) is 4.79 Å². The minimum Gasteiger partial charge on any atom is -0.444 e. The highest BCUT2D eigenvalue weighted by Crippen LogP contribution is 2.37. The Morgan fingerprint density at radius 2 is 1.69 bits per heavy atom. The summed E-state index contributed by atoms with van der Waals surface area (Å²) in [6.45, 7) is 6.01. The van der Waals surface area contributed by atoms with Gasteiger partial charge in [0.15, 0.2) is 0 Å². The molecule has 0 atom stereocenters. The molecule has 2 aromatic carbocycles. The van der Waals surface area contributed by atoms with Crippen molar-refractivity contribution >= 4 is 33.8 Å². The predicted molar refractivity (Wildman–Crippen MR) is 140 cm³/mol. The molecule has 2 heterocycles. The summed E-state index contributed by atoms with van der Waals surface area (Å²) in [5, 5.41) is 15.1. The average Bonchev–Trinajstić information content (AvgIpc) is 3.34. The first-order chi connectivity index (χ1) is 17.3.